The van der Waals surface area contributed by atoms with Crippen molar-refractivity contribution in [3.05, 3.63) is 59.9 Å². The molecule has 31 heavy (non-hydrogen) atoms. The minimum atomic E-state index is -0.424. The second-order valence-corrected chi connectivity index (χ2v) is 7.52. The predicted molar refractivity (Wildman–Crippen MR) is 117 cm³/mol. The van der Waals surface area contributed by atoms with Gasteiger partial charge in [-0.3, -0.25) is 9.59 Å². The van der Waals surface area contributed by atoms with Crippen molar-refractivity contribution in [1.29, 1.82) is 0 Å². The Balaban J connectivity index is 1.45. The molecule has 1 aliphatic heterocycles. The highest BCUT2D eigenvalue weighted by Crippen LogP contribution is 2.31. The second kappa shape index (κ2) is 9.22. The second-order valence-electron chi connectivity index (χ2n) is 7.52. The van der Waals surface area contributed by atoms with Crippen molar-refractivity contribution >= 4 is 28.5 Å². The van der Waals surface area contributed by atoms with Crippen LogP contribution in [0.4, 0.5) is 5.69 Å². The average Bonchev–Trinajstić information content (AvgIpc) is 3.45. The summed E-state index contributed by atoms with van der Waals surface area (Å²) in [6.07, 6.45) is 1.17. The van der Waals surface area contributed by atoms with E-state index in [-0.39, 0.29) is 17.9 Å². The third-order valence-corrected chi connectivity index (χ3v) is 5.22. The average molecular weight is 422 g/mol. The summed E-state index contributed by atoms with van der Waals surface area (Å²) < 4.78 is 17.0. The number of anilines is 1. The van der Waals surface area contributed by atoms with E-state index in [1.165, 1.54) is 0 Å². The number of ether oxygens (including phenoxy) is 2. The van der Waals surface area contributed by atoms with Gasteiger partial charge in [0, 0.05) is 23.2 Å². The number of benzene rings is 2. The number of nitrogens with one attached hydrogen (secondary N) is 2. The molecule has 4 rings (SSSR count). The number of furan rings is 1. The summed E-state index contributed by atoms with van der Waals surface area (Å²) in [6.45, 7) is 4.93. The minimum Gasteiger partial charge on any atom is -0.490 e. The Labute approximate surface area is 180 Å². The summed E-state index contributed by atoms with van der Waals surface area (Å²) in [6, 6.07) is 14.1. The smallest absolute Gasteiger partial charge is 0.253 e. The SMILES string of the molecule is CCOc1cccc2cc(C(C)NC(=O)c3cccc(NC(=O)C4CCCO4)c3)oc12. The van der Waals surface area contributed by atoms with Crippen molar-refractivity contribution in [2.75, 3.05) is 18.5 Å². The first-order valence-electron chi connectivity index (χ1n) is 10.5. The van der Waals surface area contributed by atoms with Crippen LogP contribution >= 0.6 is 0 Å². The van der Waals surface area contributed by atoms with Crippen LogP contribution in [0.5, 0.6) is 5.75 Å². The van der Waals surface area contributed by atoms with E-state index in [0.717, 1.165) is 11.8 Å². The maximum atomic E-state index is 12.8. The predicted octanol–water partition coefficient (Wildman–Crippen LogP) is 4.44. The maximum absolute atomic E-state index is 12.8. The van der Waals surface area contributed by atoms with Crippen LogP contribution in [0.2, 0.25) is 0 Å². The van der Waals surface area contributed by atoms with Gasteiger partial charge in [0.15, 0.2) is 11.3 Å². The summed E-state index contributed by atoms with van der Waals surface area (Å²) in [7, 11) is 0. The van der Waals surface area contributed by atoms with Gasteiger partial charge in [-0.2, -0.15) is 0 Å². The molecular formula is C24H26N2O5. The first kappa shape index (κ1) is 20.9. The van der Waals surface area contributed by atoms with Gasteiger partial charge in [0.05, 0.1) is 12.6 Å². The van der Waals surface area contributed by atoms with E-state index >= 15 is 0 Å². The number of carbonyl (C=O) groups is 2. The lowest BCUT2D eigenvalue weighted by Gasteiger charge is -2.13. The molecular weight excluding hydrogens is 396 g/mol. The highest BCUT2D eigenvalue weighted by Gasteiger charge is 2.24. The third-order valence-electron chi connectivity index (χ3n) is 5.22. The van der Waals surface area contributed by atoms with Gasteiger partial charge in [-0.05, 0) is 57.0 Å². The molecule has 0 spiro atoms. The fraction of sp³-hybridized carbons (Fsp3) is 0.333. The Morgan fingerprint density at radius 2 is 2.03 bits per heavy atom. The normalized spacial score (nSPS) is 16.8. The van der Waals surface area contributed by atoms with Crippen molar-refractivity contribution in [3.63, 3.8) is 0 Å². The summed E-state index contributed by atoms with van der Waals surface area (Å²) in [5, 5.41) is 6.69. The van der Waals surface area contributed by atoms with E-state index < -0.39 is 6.10 Å². The van der Waals surface area contributed by atoms with E-state index in [1.807, 2.05) is 38.1 Å². The summed E-state index contributed by atoms with van der Waals surface area (Å²) in [5.41, 5.74) is 1.67. The van der Waals surface area contributed by atoms with Crippen LogP contribution in [0, 0.1) is 0 Å². The number of hydrogen-bond donors (Lipinski definition) is 2. The fourth-order valence-corrected chi connectivity index (χ4v) is 3.64. The zero-order valence-corrected chi connectivity index (χ0v) is 17.6. The lowest BCUT2D eigenvalue weighted by molar-refractivity contribution is -0.124. The van der Waals surface area contributed by atoms with Crippen LogP contribution in [0.1, 0.15) is 48.8 Å². The molecule has 7 heteroatoms. The number of rotatable bonds is 7. The van der Waals surface area contributed by atoms with Crippen molar-refractivity contribution in [2.45, 2.75) is 38.8 Å². The van der Waals surface area contributed by atoms with Crippen LogP contribution in [0.15, 0.2) is 52.9 Å². The summed E-state index contributed by atoms with van der Waals surface area (Å²) in [4.78, 5) is 25.1. The standard InChI is InChI=1S/C24H26N2O5/c1-3-29-19-10-5-7-16-14-21(31-22(16)19)15(2)25-23(27)17-8-4-9-18(13-17)26-24(28)20-11-6-12-30-20/h4-5,7-10,13-15,20H,3,6,11-12H2,1-2H3,(H,25,27)(H,26,28). The zero-order valence-electron chi connectivity index (χ0n) is 17.6. The molecule has 2 amide bonds. The van der Waals surface area contributed by atoms with Gasteiger partial charge < -0.3 is 24.5 Å². The third kappa shape index (κ3) is 4.72. The maximum Gasteiger partial charge on any atom is 0.253 e. The number of carbonyl (C=O) groups excluding carboxylic acids is 2. The Morgan fingerprint density at radius 3 is 2.81 bits per heavy atom. The Hall–Kier alpha value is -3.32. The molecule has 3 aromatic rings. The molecule has 2 N–H and O–H groups in total. The van der Waals surface area contributed by atoms with Crippen LogP contribution < -0.4 is 15.4 Å². The highest BCUT2D eigenvalue weighted by atomic mass is 16.5. The Morgan fingerprint density at radius 1 is 1.19 bits per heavy atom. The first-order chi connectivity index (χ1) is 15.0. The highest BCUT2D eigenvalue weighted by molar-refractivity contribution is 5.98. The Bertz CT molecular complexity index is 1080. The van der Waals surface area contributed by atoms with Crippen LogP contribution in [0.25, 0.3) is 11.0 Å². The molecule has 0 radical (unpaired) electrons. The topological polar surface area (TPSA) is 89.8 Å². The van der Waals surface area contributed by atoms with Gasteiger partial charge in [0.2, 0.25) is 0 Å². The number of para-hydroxylation sites is 1. The van der Waals surface area contributed by atoms with E-state index in [0.29, 0.717) is 48.0 Å². The van der Waals surface area contributed by atoms with Gasteiger partial charge in [0.25, 0.3) is 11.8 Å². The molecule has 2 unspecified atom stereocenters. The molecule has 1 aliphatic rings. The van der Waals surface area contributed by atoms with Gasteiger partial charge in [-0.1, -0.05) is 18.2 Å². The van der Waals surface area contributed by atoms with Crippen molar-refractivity contribution in [2.24, 2.45) is 0 Å². The molecule has 162 valence electrons. The number of fused-ring (bicyclic) bond motifs is 1. The summed E-state index contributed by atoms with van der Waals surface area (Å²) >= 11 is 0. The first-order valence-corrected chi connectivity index (χ1v) is 10.5. The molecule has 2 atom stereocenters. The van der Waals surface area contributed by atoms with Gasteiger partial charge in [0.1, 0.15) is 11.9 Å². The quantitative estimate of drug-likeness (QED) is 0.588. The zero-order chi connectivity index (χ0) is 21.8. The van der Waals surface area contributed by atoms with E-state index in [4.69, 9.17) is 13.9 Å². The molecule has 0 bridgehead atoms. The lowest BCUT2D eigenvalue weighted by Crippen LogP contribution is -2.28. The van der Waals surface area contributed by atoms with E-state index in [9.17, 15) is 9.59 Å². The van der Waals surface area contributed by atoms with Gasteiger partial charge in [-0.25, -0.2) is 0 Å². The molecule has 0 saturated carbocycles. The number of amides is 2. The van der Waals surface area contributed by atoms with Crippen LogP contribution in [0.3, 0.4) is 0 Å². The van der Waals surface area contributed by atoms with Gasteiger partial charge >= 0.3 is 0 Å². The van der Waals surface area contributed by atoms with Crippen molar-refractivity contribution in [3.8, 4) is 5.75 Å². The van der Waals surface area contributed by atoms with Crippen LogP contribution in [-0.2, 0) is 9.53 Å². The molecule has 1 saturated heterocycles. The van der Waals surface area contributed by atoms with Gasteiger partial charge in [-0.15, -0.1) is 0 Å². The molecule has 0 aliphatic carbocycles. The largest absolute Gasteiger partial charge is 0.490 e. The minimum absolute atomic E-state index is 0.184. The van der Waals surface area contributed by atoms with Crippen molar-refractivity contribution in [1.82, 2.24) is 5.32 Å². The number of hydrogen-bond acceptors (Lipinski definition) is 5. The van der Waals surface area contributed by atoms with Crippen LogP contribution in [-0.4, -0.2) is 31.1 Å². The lowest BCUT2D eigenvalue weighted by atomic mass is 10.1. The van der Waals surface area contributed by atoms with Crippen molar-refractivity contribution < 1.29 is 23.5 Å². The fourth-order valence-electron chi connectivity index (χ4n) is 3.64. The molecule has 1 fully saturated rings. The molecule has 1 aromatic heterocycles. The molecule has 2 aromatic carbocycles. The monoisotopic (exact) mass is 422 g/mol. The van der Waals surface area contributed by atoms with E-state index in [2.05, 4.69) is 10.6 Å². The molecule has 7 nitrogen and oxygen atoms in total. The van der Waals surface area contributed by atoms with E-state index in [1.54, 1.807) is 24.3 Å². The Kier molecular flexibility index (Phi) is 6.23. The molecule has 2 heterocycles. The summed E-state index contributed by atoms with van der Waals surface area (Å²) in [5.74, 6) is 0.875.